The van der Waals surface area contributed by atoms with Gasteiger partial charge in [0.15, 0.2) is 0 Å². The fourth-order valence-corrected chi connectivity index (χ4v) is 6.74. The number of nitrogens with one attached hydrogen (secondary N) is 1. The lowest BCUT2D eigenvalue weighted by atomic mass is 9.73. The zero-order chi connectivity index (χ0) is 29.7. The smallest absolute Gasteiger partial charge is 0.145 e. The molecule has 0 fully saturated rings. The van der Waals surface area contributed by atoms with Gasteiger partial charge >= 0.3 is 0 Å². The molecule has 0 aromatic heterocycles. The molecule has 1 atom stereocenters. The van der Waals surface area contributed by atoms with Gasteiger partial charge in [-0.2, -0.15) is 0 Å². The van der Waals surface area contributed by atoms with E-state index in [-0.39, 0.29) is 11.6 Å². The molecule has 0 aliphatic carbocycles. The summed E-state index contributed by atoms with van der Waals surface area (Å²) in [4.78, 5) is 5.33. The highest BCUT2D eigenvalue weighted by molar-refractivity contribution is 6.17. The van der Waals surface area contributed by atoms with Crippen molar-refractivity contribution >= 4 is 11.4 Å². The minimum Gasteiger partial charge on any atom is -0.457 e. The van der Waals surface area contributed by atoms with Crippen molar-refractivity contribution in [2.75, 3.05) is 5.32 Å². The Kier molecular flexibility index (Phi) is 6.20. The summed E-state index contributed by atoms with van der Waals surface area (Å²) in [5, 5.41) is 3.71. The number of para-hydroxylation sites is 2. The highest BCUT2D eigenvalue weighted by Gasteiger charge is 2.36. The molecular weight excluding hydrogens is 536 g/mol. The number of nitrogens with zero attached hydrogens (tertiary/aromatic N) is 1. The van der Waals surface area contributed by atoms with Crippen molar-refractivity contribution < 1.29 is 4.74 Å². The van der Waals surface area contributed by atoms with Crippen molar-refractivity contribution in [2.24, 2.45) is 4.99 Å². The monoisotopic (exact) mass is 568 g/mol. The molecule has 2 aliphatic heterocycles. The number of aliphatic imine (C=N–C) groups is 1. The molecular formula is C41H32N2O. The second-order valence-corrected chi connectivity index (χ2v) is 12.0. The first kappa shape index (κ1) is 26.2. The van der Waals surface area contributed by atoms with E-state index < -0.39 is 0 Å². The van der Waals surface area contributed by atoms with Gasteiger partial charge in [0.1, 0.15) is 17.7 Å². The fraction of sp³-hybridized carbons (Fsp3) is 0.0976. The predicted octanol–water partition coefficient (Wildman–Crippen LogP) is 10.4. The molecule has 6 aromatic rings. The van der Waals surface area contributed by atoms with Crippen LogP contribution in [0.3, 0.4) is 0 Å². The normalized spacial score (nSPS) is 16.0. The zero-order valence-corrected chi connectivity index (χ0v) is 24.8. The van der Waals surface area contributed by atoms with Crippen LogP contribution in [-0.4, -0.2) is 5.71 Å². The second-order valence-electron chi connectivity index (χ2n) is 12.0. The number of anilines is 1. The summed E-state index contributed by atoms with van der Waals surface area (Å²) in [6.07, 6.45) is -0.224. The molecule has 44 heavy (non-hydrogen) atoms. The molecule has 0 spiro atoms. The van der Waals surface area contributed by atoms with Crippen LogP contribution in [0.15, 0.2) is 151 Å². The summed E-state index contributed by atoms with van der Waals surface area (Å²) in [7, 11) is 0. The van der Waals surface area contributed by atoms with E-state index in [9.17, 15) is 0 Å². The van der Waals surface area contributed by atoms with Gasteiger partial charge in [-0.3, -0.25) is 4.99 Å². The summed E-state index contributed by atoms with van der Waals surface area (Å²) in [6, 6.07) is 51.2. The van der Waals surface area contributed by atoms with Crippen molar-refractivity contribution in [3.8, 4) is 33.8 Å². The highest BCUT2D eigenvalue weighted by atomic mass is 16.5. The van der Waals surface area contributed by atoms with E-state index in [1.165, 1.54) is 27.8 Å². The quantitative estimate of drug-likeness (QED) is 0.229. The Morgan fingerprint density at radius 2 is 1.20 bits per heavy atom. The van der Waals surface area contributed by atoms with Crippen LogP contribution in [0.1, 0.15) is 47.8 Å². The van der Waals surface area contributed by atoms with Crippen LogP contribution in [0.2, 0.25) is 0 Å². The van der Waals surface area contributed by atoms with Crippen LogP contribution >= 0.6 is 0 Å². The van der Waals surface area contributed by atoms with Crippen LogP contribution in [0, 0.1) is 0 Å². The molecule has 2 aliphatic rings. The van der Waals surface area contributed by atoms with Crippen molar-refractivity contribution in [2.45, 2.75) is 25.4 Å². The number of benzene rings is 6. The number of fused-ring (bicyclic) bond motifs is 3. The maximum atomic E-state index is 6.43. The third kappa shape index (κ3) is 4.40. The molecule has 3 heteroatoms. The Morgan fingerprint density at radius 3 is 2.07 bits per heavy atom. The van der Waals surface area contributed by atoms with Crippen LogP contribution in [0.25, 0.3) is 22.3 Å². The molecule has 1 unspecified atom stereocenters. The van der Waals surface area contributed by atoms with Gasteiger partial charge in [-0.05, 0) is 52.1 Å². The molecule has 0 saturated carbocycles. The van der Waals surface area contributed by atoms with Gasteiger partial charge in [0.05, 0.1) is 5.71 Å². The number of hydrogen-bond acceptors (Lipinski definition) is 3. The van der Waals surface area contributed by atoms with Crippen molar-refractivity contribution in [3.63, 3.8) is 0 Å². The first-order chi connectivity index (χ1) is 21.6. The Hall–Kier alpha value is -5.41. The third-order valence-electron chi connectivity index (χ3n) is 8.94. The minimum atomic E-state index is -0.224. The highest BCUT2D eigenvalue weighted by Crippen LogP contribution is 2.51. The van der Waals surface area contributed by atoms with E-state index >= 15 is 0 Å². The molecule has 0 amide bonds. The molecule has 0 bridgehead atoms. The summed E-state index contributed by atoms with van der Waals surface area (Å²) in [6.45, 7) is 4.58. The van der Waals surface area contributed by atoms with Gasteiger partial charge in [-0.1, -0.05) is 135 Å². The molecule has 1 N–H and O–H groups in total. The average Bonchev–Trinajstić information content (AvgIpc) is 3.08. The van der Waals surface area contributed by atoms with E-state index in [1.807, 2.05) is 12.1 Å². The first-order valence-corrected chi connectivity index (χ1v) is 15.2. The topological polar surface area (TPSA) is 33.6 Å². The third-order valence-corrected chi connectivity index (χ3v) is 8.94. The second kappa shape index (κ2) is 10.4. The molecule has 8 rings (SSSR count). The molecule has 3 nitrogen and oxygen atoms in total. The number of hydrogen-bond donors (Lipinski definition) is 1. The number of ether oxygens (including phenoxy) is 1. The zero-order valence-electron chi connectivity index (χ0n) is 24.8. The SMILES string of the molecule is CC1(C)c2ccccc2Oc2cccc(-c3cccc(C4N=C(c5ccc(-c6ccccc6)cc5)c5ccccc5N4)c3)c21. The van der Waals surface area contributed by atoms with E-state index in [0.29, 0.717) is 0 Å². The fourth-order valence-electron chi connectivity index (χ4n) is 6.74. The Bertz CT molecular complexity index is 2040. The predicted molar refractivity (Wildman–Crippen MR) is 181 cm³/mol. The summed E-state index contributed by atoms with van der Waals surface area (Å²) >= 11 is 0. The average molecular weight is 569 g/mol. The maximum Gasteiger partial charge on any atom is 0.145 e. The van der Waals surface area contributed by atoms with Gasteiger partial charge in [-0.25, -0.2) is 0 Å². The lowest BCUT2D eigenvalue weighted by Crippen LogP contribution is -2.25. The molecule has 0 saturated heterocycles. The van der Waals surface area contributed by atoms with Gasteiger partial charge < -0.3 is 10.1 Å². The van der Waals surface area contributed by atoms with E-state index in [2.05, 4.69) is 153 Å². The van der Waals surface area contributed by atoms with Crippen molar-refractivity contribution in [3.05, 3.63) is 173 Å². The molecule has 2 heterocycles. The van der Waals surface area contributed by atoms with E-state index in [0.717, 1.165) is 45.2 Å². The van der Waals surface area contributed by atoms with Gasteiger partial charge in [0.2, 0.25) is 0 Å². The summed E-state index contributed by atoms with van der Waals surface area (Å²) < 4.78 is 6.43. The van der Waals surface area contributed by atoms with E-state index in [1.54, 1.807) is 0 Å². The minimum absolute atomic E-state index is 0.212. The van der Waals surface area contributed by atoms with Crippen LogP contribution in [-0.2, 0) is 5.41 Å². The Balaban J connectivity index is 1.19. The Morgan fingerprint density at radius 1 is 0.568 bits per heavy atom. The van der Waals surface area contributed by atoms with Gasteiger partial charge in [0, 0.05) is 33.4 Å². The summed E-state index contributed by atoms with van der Waals surface area (Å²) in [5.41, 5.74) is 12.4. The lowest BCUT2D eigenvalue weighted by Gasteiger charge is -2.36. The van der Waals surface area contributed by atoms with E-state index in [4.69, 9.17) is 9.73 Å². The number of rotatable bonds is 4. The van der Waals surface area contributed by atoms with Crippen LogP contribution in [0.5, 0.6) is 11.5 Å². The largest absolute Gasteiger partial charge is 0.457 e. The van der Waals surface area contributed by atoms with Gasteiger partial charge in [0.25, 0.3) is 0 Å². The lowest BCUT2D eigenvalue weighted by molar-refractivity contribution is 0.419. The van der Waals surface area contributed by atoms with Crippen LogP contribution < -0.4 is 10.1 Å². The maximum absolute atomic E-state index is 6.43. The van der Waals surface area contributed by atoms with Gasteiger partial charge in [-0.15, -0.1) is 0 Å². The first-order valence-electron chi connectivity index (χ1n) is 15.2. The summed E-state index contributed by atoms with van der Waals surface area (Å²) in [5.74, 6) is 1.85. The van der Waals surface area contributed by atoms with Crippen LogP contribution in [0.4, 0.5) is 5.69 Å². The Labute approximate surface area is 258 Å². The standard InChI is InChI=1S/C41H32N2O/c1-41(2)34-18-7-9-20-36(34)44-37-21-11-17-32(38(37)41)30-14-10-15-31(26-30)40-42-35-19-8-6-16-33(35)39(43-40)29-24-22-28(23-25-29)27-12-4-3-5-13-27/h3-26,40,42H,1-2H3. The molecule has 212 valence electrons. The van der Waals surface area contributed by atoms with Crippen molar-refractivity contribution in [1.82, 2.24) is 0 Å². The molecule has 6 aromatic carbocycles. The molecule has 0 radical (unpaired) electrons. The van der Waals surface area contributed by atoms with Crippen molar-refractivity contribution in [1.29, 1.82) is 0 Å².